The molecule has 0 unspecified atom stereocenters. The van der Waals surface area contributed by atoms with Crippen molar-refractivity contribution in [3.05, 3.63) is 51.8 Å². The number of pyridine rings is 1. The van der Waals surface area contributed by atoms with Crippen LogP contribution in [0.15, 0.2) is 34.3 Å². The van der Waals surface area contributed by atoms with Crippen molar-refractivity contribution in [1.29, 1.82) is 0 Å². The fraction of sp³-hybridized carbons (Fsp3) is 0.286. The molecule has 0 fully saturated rings. The van der Waals surface area contributed by atoms with Crippen LogP contribution >= 0.6 is 11.8 Å². The Bertz CT molecular complexity index is 686. The molecular formula is C14H15N3O3S. The van der Waals surface area contributed by atoms with Crippen molar-refractivity contribution in [2.24, 2.45) is 0 Å². The second kappa shape index (κ2) is 7.03. The zero-order chi connectivity index (χ0) is 15.2. The monoisotopic (exact) mass is 305 g/mol. The highest BCUT2D eigenvalue weighted by atomic mass is 32.2. The van der Waals surface area contributed by atoms with Crippen LogP contribution in [0.4, 0.5) is 0 Å². The first-order valence-corrected chi connectivity index (χ1v) is 7.40. The Morgan fingerprint density at radius 1 is 1.38 bits per heavy atom. The number of esters is 1. The van der Waals surface area contributed by atoms with E-state index in [4.69, 9.17) is 4.74 Å². The van der Waals surface area contributed by atoms with Crippen LogP contribution in [0.25, 0.3) is 0 Å². The molecule has 6 nitrogen and oxygen atoms in total. The molecule has 0 aromatic carbocycles. The van der Waals surface area contributed by atoms with Gasteiger partial charge in [0.05, 0.1) is 6.61 Å². The van der Waals surface area contributed by atoms with E-state index in [0.29, 0.717) is 22.0 Å². The van der Waals surface area contributed by atoms with Crippen molar-refractivity contribution >= 4 is 17.7 Å². The average Bonchev–Trinajstić information content (AvgIpc) is 2.45. The molecule has 2 rings (SSSR count). The minimum absolute atomic E-state index is 0.270. The molecule has 2 heterocycles. The van der Waals surface area contributed by atoms with Crippen LogP contribution in [-0.2, 0) is 10.5 Å². The molecule has 0 amide bonds. The van der Waals surface area contributed by atoms with Crippen molar-refractivity contribution < 1.29 is 9.53 Å². The Morgan fingerprint density at radius 3 is 2.76 bits per heavy atom. The third kappa shape index (κ3) is 3.91. The van der Waals surface area contributed by atoms with Crippen LogP contribution in [-0.4, -0.2) is 27.5 Å². The number of carbonyl (C=O) groups excluding carboxylic acids is 1. The molecule has 7 heteroatoms. The molecule has 0 saturated carbocycles. The van der Waals surface area contributed by atoms with Crippen LogP contribution in [0.2, 0.25) is 0 Å². The van der Waals surface area contributed by atoms with Gasteiger partial charge in [-0.25, -0.2) is 9.59 Å². The average molecular weight is 305 g/mol. The van der Waals surface area contributed by atoms with Gasteiger partial charge in [0, 0.05) is 23.8 Å². The molecule has 2 aromatic heterocycles. The van der Waals surface area contributed by atoms with Gasteiger partial charge in [-0.15, -0.1) is 11.8 Å². The summed E-state index contributed by atoms with van der Waals surface area (Å²) in [5.74, 6) is 0.112. The van der Waals surface area contributed by atoms with E-state index in [0.717, 1.165) is 5.56 Å². The number of hydrogen-bond donors (Lipinski definition) is 1. The maximum atomic E-state index is 12.0. The SMILES string of the molecule is CCOC(=O)c1c(SCc2ccncc2)nc(=O)[nH]c1C. The Hall–Kier alpha value is -2.15. The predicted octanol–water partition coefficient (Wildman–Crippen LogP) is 1.94. The topological polar surface area (TPSA) is 84.9 Å². The molecule has 0 aliphatic heterocycles. The van der Waals surface area contributed by atoms with Gasteiger partial charge in [-0.05, 0) is 31.5 Å². The van der Waals surface area contributed by atoms with Crippen molar-refractivity contribution in [2.45, 2.75) is 24.6 Å². The lowest BCUT2D eigenvalue weighted by Gasteiger charge is -2.09. The van der Waals surface area contributed by atoms with E-state index < -0.39 is 11.7 Å². The molecule has 0 saturated heterocycles. The molecule has 1 N–H and O–H groups in total. The Morgan fingerprint density at radius 2 is 2.10 bits per heavy atom. The van der Waals surface area contributed by atoms with E-state index in [2.05, 4.69) is 15.0 Å². The summed E-state index contributed by atoms with van der Waals surface area (Å²) in [7, 11) is 0. The zero-order valence-electron chi connectivity index (χ0n) is 11.8. The van der Waals surface area contributed by atoms with Crippen LogP contribution in [0.5, 0.6) is 0 Å². The highest BCUT2D eigenvalue weighted by molar-refractivity contribution is 7.98. The number of ether oxygens (including phenoxy) is 1. The van der Waals surface area contributed by atoms with Crippen LogP contribution in [0.3, 0.4) is 0 Å². The van der Waals surface area contributed by atoms with E-state index in [1.807, 2.05) is 12.1 Å². The molecule has 110 valence electrons. The summed E-state index contributed by atoms with van der Waals surface area (Å²) in [4.78, 5) is 33.9. The normalized spacial score (nSPS) is 10.4. The predicted molar refractivity (Wildman–Crippen MR) is 79.3 cm³/mol. The molecule has 0 bridgehead atoms. The maximum absolute atomic E-state index is 12.0. The van der Waals surface area contributed by atoms with Crippen molar-refractivity contribution in [3.63, 3.8) is 0 Å². The molecule has 2 aromatic rings. The molecule has 0 radical (unpaired) electrons. The van der Waals surface area contributed by atoms with Gasteiger partial charge >= 0.3 is 11.7 Å². The summed E-state index contributed by atoms with van der Waals surface area (Å²) in [6, 6.07) is 3.74. The van der Waals surface area contributed by atoms with E-state index in [1.165, 1.54) is 11.8 Å². The Balaban J connectivity index is 2.29. The second-order valence-corrected chi connectivity index (χ2v) is 5.18. The van der Waals surface area contributed by atoms with Crippen LogP contribution in [0, 0.1) is 6.92 Å². The summed E-state index contributed by atoms with van der Waals surface area (Å²) < 4.78 is 5.02. The van der Waals surface area contributed by atoms with Gasteiger partial charge in [0.2, 0.25) is 0 Å². The summed E-state index contributed by atoms with van der Waals surface area (Å²) in [5.41, 5.74) is 1.34. The number of rotatable bonds is 5. The smallest absolute Gasteiger partial charge is 0.346 e. The molecule has 0 aliphatic carbocycles. The van der Waals surface area contributed by atoms with E-state index in [9.17, 15) is 9.59 Å². The number of hydrogen-bond acceptors (Lipinski definition) is 6. The van der Waals surface area contributed by atoms with E-state index in [-0.39, 0.29) is 6.61 Å². The Labute approximate surface area is 126 Å². The molecule has 0 aliphatic rings. The van der Waals surface area contributed by atoms with Gasteiger partial charge in [-0.3, -0.25) is 4.98 Å². The van der Waals surface area contributed by atoms with Gasteiger partial charge in [0.25, 0.3) is 0 Å². The number of aromatic nitrogens is 3. The minimum atomic E-state index is -0.476. The Kier molecular flexibility index (Phi) is 5.10. The fourth-order valence-electron chi connectivity index (χ4n) is 1.74. The lowest BCUT2D eigenvalue weighted by Crippen LogP contribution is -2.19. The number of aromatic amines is 1. The third-order valence-electron chi connectivity index (χ3n) is 2.69. The highest BCUT2D eigenvalue weighted by Gasteiger charge is 2.19. The largest absolute Gasteiger partial charge is 0.462 e. The zero-order valence-corrected chi connectivity index (χ0v) is 12.6. The summed E-state index contributed by atoms with van der Waals surface area (Å²) >= 11 is 1.32. The van der Waals surface area contributed by atoms with Gasteiger partial charge in [0.1, 0.15) is 10.6 Å². The molecule has 0 atom stereocenters. The van der Waals surface area contributed by atoms with Crippen molar-refractivity contribution in [2.75, 3.05) is 6.61 Å². The summed E-state index contributed by atoms with van der Waals surface area (Å²) in [6.45, 7) is 3.66. The fourth-order valence-corrected chi connectivity index (χ4v) is 2.76. The van der Waals surface area contributed by atoms with Crippen LogP contribution < -0.4 is 5.69 Å². The van der Waals surface area contributed by atoms with Gasteiger partial charge in [-0.2, -0.15) is 4.98 Å². The summed E-state index contributed by atoms with van der Waals surface area (Å²) in [6.07, 6.45) is 3.39. The second-order valence-electron chi connectivity index (χ2n) is 4.21. The lowest BCUT2D eigenvalue weighted by atomic mass is 10.2. The van der Waals surface area contributed by atoms with Crippen molar-refractivity contribution in [3.8, 4) is 0 Å². The first-order valence-electron chi connectivity index (χ1n) is 6.41. The van der Waals surface area contributed by atoms with E-state index >= 15 is 0 Å². The molecule has 0 spiro atoms. The first kappa shape index (κ1) is 15.2. The number of nitrogens with zero attached hydrogens (tertiary/aromatic N) is 2. The maximum Gasteiger partial charge on any atom is 0.346 e. The number of H-pyrrole nitrogens is 1. The number of thioether (sulfide) groups is 1. The first-order chi connectivity index (χ1) is 10.1. The number of nitrogens with one attached hydrogen (secondary N) is 1. The third-order valence-corrected chi connectivity index (χ3v) is 3.74. The minimum Gasteiger partial charge on any atom is -0.462 e. The van der Waals surface area contributed by atoms with Crippen molar-refractivity contribution in [1.82, 2.24) is 15.0 Å². The lowest BCUT2D eigenvalue weighted by molar-refractivity contribution is 0.0519. The standard InChI is InChI=1S/C14H15N3O3S/c1-3-20-13(18)11-9(2)16-14(19)17-12(11)21-8-10-4-6-15-7-5-10/h4-7H,3,8H2,1-2H3,(H,16,17,19). The quantitative estimate of drug-likeness (QED) is 0.516. The number of aryl methyl sites for hydroxylation is 1. The van der Waals surface area contributed by atoms with E-state index in [1.54, 1.807) is 26.2 Å². The van der Waals surface area contributed by atoms with Crippen LogP contribution in [0.1, 0.15) is 28.5 Å². The van der Waals surface area contributed by atoms with Gasteiger partial charge in [-0.1, -0.05) is 0 Å². The highest BCUT2D eigenvalue weighted by Crippen LogP contribution is 2.25. The summed E-state index contributed by atoms with van der Waals surface area (Å²) in [5, 5.41) is 0.381. The molecule has 21 heavy (non-hydrogen) atoms. The number of carbonyl (C=O) groups is 1. The molecular weight excluding hydrogens is 290 g/mol. The van der Waals surface area contributed by atoms with Gasteiger partial charge < -0.3 is 9.72 Å². The van der Waals surface area contributed by atoms with Gasteiger partial charge in [0.15, 0.2) is 0 Å².